The lowest BCUT2D eigenvalue weighted by atomic mass is 10.1. The quantitative estimate of drug-likeness (QED) is 0.249. The maximum Gasteiger partial charge on any atom is 0.0594 e. The molecule has 0 amide bonds. The Kier molecular flexibility index (Phi) is 15.2. The van der Waals surface area contributed by atoms with Crippen molar-refractivity contribution in [3.8, 4) is 0 Å². The smallest absolute Gasteiger partial charge is 0.0594 e. The summed E-state index contributed by atoms with van der Waals surface area (Å²) in [5.74, 6) is 0. The monoisotopic (exact) mass is 330 g/mol. The first kappa shape index (κ1) is 22.4. The predicted octanol–water partition coefficient (Wildman–Crippen LogP) is 6.57. The highest BCUT2D eigenvalue weighted by Crippen LogP contribution is 2.58. The molecule has 2 heteroatoms. The molecule has 0 bridgehead atoms. The normalized spacial score (nSPS) is 13.5. The van der Waals surface area contributed by atoms with Crippen LogP contribution in [0.4, 0.5) is 0 Å². The molecule has 1 unspecified atom stereocenters. The Morgan fingerprint density at radius 3 is 1.91 bits per heavy atom. The summed E-state index contributed by atoms with van der Waals surface area (Å²) in [7, 11) is -0.559. The molecular formula is C20H45NP+. The van der Waals surface area contributed by atoms with E-state index in [1.807, 2.05) is 0 Å². The number of hydrogen-bond donors (Lipinski definition) is 1. The van der Waals surface area contributed by atoms with Crippen molar-refractivity contribution in [3.63, 3.8) is 0 Å². The fourth-order valence-corrected chi connectivity index (χ4v) is 6.58. The maximum absolute atomic E-state index is 3.72. The van der Waals surface area contributed by atoms with Crippen molar-refractivity contribution in [2.75, 3.05) is 31.2 Å². The molecule has 0 aromatic heterocycles. The second-order valence-electron chi connectivity index (χ2n) is 7.13. The zero-order chi connectivity index (χ0) is 16.7. The molecule has 134 valence electrons. The van der Waals surface area contributed by atoms with Crippen molar-refractivity contribution in [2.24, 2.45) is 0 Å². The molecule has 0 aliphatic rings. The molecule has 0 aliphatic heterocycles. The molecule has 0 aromatic carbocycles. The van der Waals surface area contributed by atoms with Gasteiger partial charge in [-0.1, -0.05) is 39.0 Å². The third kappa shape index (κ3) is 11.0. The predicted molar refractivity (Wildman–Crippen MR) is 108 cm³/mol. The van der Waals surface area contributed by atoms with Crippen molar-refractivity contribution >= 4 is 7.26 Å². The number of hydrogen-bond acceptors (Lipinski definition) is 1. The highest BCUT2D eigenvalue weighted by atomic mass is 31.2. The molecular weight excluding hydrogens is 285 g/mol. The summed E-state index contributed by atoms with van der Waals surface area (Å²) in [4.78, 5) is 0. The van der Waals surface area contributed by atoms with Gasteiger partial charge in [-0.3, -0.25) is 0 Å². The van der Waals surface area contributed by atoms with Gasteiger partial charge in [0, 0.05) is 13.3 Å². The molecule has 0 fully saturated rings. The van der Waals surface area contributed by atoms with Gasteiger partial charge in [-0.05, 0) is 59.9 Å². The van der Waals surface area contributed by atoms with Crippen LogP contribution in [0.15, 0.2) is 0 Å². The van der Waals surface area contributed by atoms with Crippen LogP contribution in [0, 0.1) is 0 Å². The standard InChI is InChI=1S/C20H45NP/c1-6-10-11-12-13-15-18-21-20(5)17-14-16-19-22(7-2,8-3)9-4/h20-21H,6-19H2,1-5H3/q+1. The van der Waals surface area contributed by atoms with E-state index in [0.717, 1.165) is 0 Å². The van der Waals surface area contributed by atoms with Crippen LogP contribution >= 0.6 is 7.26 Å². The van der Waals surface area contributed by atoms with Gasteiger partial charge in [-0.25, -0.2) is 0 Å². The molecule has 0 radical (unpaired) electrons. The summed E-state index contributed by atoms with van der Waals surface area (Å²) in [6, 6.07) is 0.716. The molecule has 22 heavy (non-hydrogen) atoms. The van der Waals surface area contributed by atoms with Crippen molar-refractivity contribution in [1.82, 2.24) is 5.32 Å². The number of nitrogens with one attached hydrogen (secondary N) is 1. The van der Waals surface area contributed by atoms with E-state index in [0.29, 0.717) is 6.04 Å². The van der Waals surface area contributed by atoms with Gasteiger partial charge in [-0.15, -0.1) is 0 Å². The van der Waals surface area contributed by atoms with E-state index in [1.165, 1.54) is 82.8 Å². The summed E-state index contributed by atoms with van der Waals surface area (Å²) in [5, 5.41) is 3.72. The molecule has 1 nitrogen and oxygen atoms in total. The van der Waals surface area contributed by atoms with Crippen molar-refractivity contribution in [3.05, 3.63) is 0 Å². The molecule has 0 saturated carbocycles. The summed E-state index contributed by atoms with van der Waals surface area (Å²) in [6.45, 7) is 13.2. The average Bonchev–Trinajstić information content (AvgIpc) is 2.55. The fourth-order valence-electron chi connectivity index (χ4n) is 3.40. The zero-order valence-electron chi connectivity index (χ0n) is 16.4. The Labute approximate surface area is 142 Å². The van der Waals surface area contributed by atoms with E-state index in [9.17, 15) is 0 Å². The van der Waals surface area contributed by atoms with Gasteiger partial charge < -0.3 is 5.32 Å². The molecule has 0 aromatic rings. The maximum atomic E-state index is 3.72. The van der Waals surface area contributed by atoms with Gasteiger partial charge in [0.15, 0.2) is 0 Å². The van der Waals surface area contributed by atoms with Crippen molar-refractivity contribution < 1.29 is 0 Å². The molecule has 0 saturated heterocycles. The van der Waals surface area contributed by atoms with Gasteiger partial charge in [0.2, 0.25) is 0 Å². The topological polar surface area (TPSA) is 12.0 Å². The molecule has 0 rings (SSSR count). The minimum absolute atomic E-state index is 0.559. The highest BCUT2D eigenvalue weighted by molar-refractivity contribution is 7.75. The zero-order valence-corrected chi connectivity index (χ0v) is 17.3. The molecule has 0 heterocycles. The van der Waals surface area contributed by atoms with Crippen molar-refractivity contribution in [1.29, 1.82) is 0 Å². The molecule has 1 atom stereocenters. The van der Waals surface area contributed by atoms with Crippen LogP contribution in [0.3, 0.4) is 0 Å². The summed E-state index contributed by atoms with van der Waals surface area (Å²) in [6.07, 6.45) is 18.6. The highest BCUT2D eigenvalue weighted by Gasteiger charge is 2.29. The Balaban J connectivity index is 3.51. The Hall–Kier alpha value is 0.390. The first-order valence-corrected chi connectivity index (χ1v) is 12.8. The van der Waals surface area contributed by atoms with Crippen LogP contribution in [-0.2, 0) is 0 Å². The van der Waals surface area contributed by atoms with E-state index >= 15 is 0 Å². The molecule has 0 spiro atoms. The van der Waals surface area contributed by atoms with E-state index in [4.69, 9.17) is 0 Å². The van der Waals surface area contributed by atoms with Gasteiger partial charge in [0.25, 0.3) is 0 Å². The number of unbranched alkanes of at least 4 members (excludes halogenated alkanes) is 6. The lowest BCUT2D eigenvalue weighted by Gasteiger charge is -2.23. The number of rotatable bonds is 16. The summed E-state index contributed by atoms with van der Waals surface area (Å²) in [5.41, 5.74) is 0. The van der Waals surface area contributed by atoms with Crippen LogP contribution in [0.5, 0.6) is 0 Å². The Morgan fingerprint density at radius 1 is 0.727 bits per heavy atom. The second-order valence-corrected chi connectivity index (χ2v) is 12.2. The third-order valence-corrected chi connectivity index (χ3v) is 10.8. The lowest BCUT2D eigenvalue weighted by molar-refractivity contribution is 0.478. The second kappa shape index (κ2) is 14.9. The van der Waals surface area contributed by atoms with E-state index in [-0.39, 0.29) is 0 Å². The average molecular weight is 331 g/mol. The van der Waals surface area contributed by atoms with E-state index < -0.39 is 7.26 Å². The van der Waals surface area contributed by atoms with E-state index in [1.54, 1.807) is 6.16 Å². The van der Waals surface area contributed by atoms with E-state index in [2.05, 4.69) is 39.9 Å². The van der Waals surface area contributed by atoms with Gasteiger partial charge in [-0.2, -0.15) is 0 Å². The van der Waals surface area contributed by atoms with Crippen LogP contribution in [-0.4, -0.2) is 37.2 Å². The van der Waals surface area contributed by atoms with Gasteiger partial charge in [0.05, 0.1) is 24.6 Å². The SMILES string of the molecule is CCCCCCCCNC(C)CCCC[P+](CC)(CC)CC. The molecule has 1 N–H and O–H groups in total. The third-order valence-electron chi connectivity index (χ3n) is 5.56. The van der Waals surface area contributed by atoms with Crippen molar-refractivity contribution in [2.45, 2.75) is 98.4 Å². The van der Waals surface area contributed by atoms with Crippen LogP contribution in [0.25, 0.3) is 0 Å². The first-order chi connectivity index (χ1) is 10.6. The van der Waals surface area contributed by atoms with Crippen LogP contribution in [0.1, 0.15) is 92.4 Å². The molecule has 0 aliphatic carbocycles. The Morgan fingerprint density at radius 2 is 1.32 bits per heavy atom. The summed E-state index contributed by atoms with van der Waals surface area (Å²) >= 11 is 0. The lowest BCUT2D eigenvalue weighted by Crippen LogP contribution is -2.27. The van der Waals surface area contributed by atoms with Crippen LogP contribution in [0.2, 0.25) is 0 Å². The minimum Gasteiger partial charge on any atom is -0.314 e. The first-order valence-electron chi connectivity index (χ1n) is 10.2. The minimum atomic E-state index is -0.559. The largest absolute Gasteiger partial charge is 0.314 e. The van der Waals surface area contributed by atoms with Gasteiger partial charge >= 0.3 is 0 Å². The summed E-state index contributed by atoms with van der Waals surface area (Å²) < 4.78 is 0. The van der Waals surface area contributed by atoms with Gasteiger partial charge in [0.1, 0.15) is 0 Å². The fraction of sp³-hybridized carbons (Fsp3) is 1.00. The Bertz CT molecular complexity index is 217. The van der Waals surface area contributed by atoms with Crippen LogP contribution < -0.4 is 5.32 Å².